The first kappa shape index (κ1) is 13.6. The maximum Gasteiger partial charge on any atom is 0.236 e. The van der Waals surface area contributed by atoms with E-state index in [1.54, 1.807) is 0 Å². The molecule has 0 aromatic rings. The monoisotopic (exact) mass is 220 g/mol. The number of rotatable bonds is 7. The Morgan fingerprint density at radius 3 is 2.64 bits per heavy atom. The highest BCUT2D eigenvalue weighted by atomic mass is 32.2. The Hall–Kier alpha value is -0.420. The van der Waals surface area contributed by atoms with E-state index in [1.165, 1.54) is 0 Å². The molecule has 0 aliphatic rings. The van der Waals surface area contributed by atoms with Gasteiger partial charge in [0, 0.05) is 28.9 Å². The van der Waals surface area contributed by atoms with Crippen LogP contribution in [0.1, 0.15) is 26.7 Å². The van der Waals surface area contributed by atoms with Crippen LogP contribution in [0.4, 0.5) is 0 Å². The highest BCUT2D eigenvalue weighted by molar-refractivity contribution is 7.84. The van der Waals surface area contributed by atoms with Crippen LogP contribution >= 0.6 is 0 Å². The second kappa shape index (κ2) is 7.94. The summed E-state index contributed by atoms with van der Waals surface area (Å²) in [5.74, 6) is 1.01. The molecule has 2 atom stereocenters. The molecule has 0 saturated heterocycles. The average molecular weight is 220 g/mol. The highest BCUT2D eigenvalue weighted by Crippen LogP contribution is 1.92. The molecule has 4 nitrogen and oxygen atoms in total. The average Bonchev–Trinajstić information content (AvgIpc) is 2.17. The van der Waals surface area contributed by atoms with E-state index in [4.69, 9.17) is 5.73 Å². The Morgan fingerprint density at radius 2 is 2.14 bits per heavy atom. The molecule has 0 heterocycles. The molecular weight excluding hydrogens is 200 g/mol. The molecule has 0 rings (SSSR count). The second-order valence-corrected chi connectivity index (χ2v) is 4.98. The second-order valence-electron chi connectivity index (χ2n) is 3.12. The first-order chi connectivity index (χ1) is 6.61. The van der Waals surface area contributed by atoms with Crippen LogP contribution in [0.25, 0.3) is 0 Å². The topological polar surface area (TPSA) is 72.2 Å². The van der Waals surface area contributed by atoms with Gasteiger partial charge >= 0.3 is 0 Å². The Kier molecular flexibility index (Phi) is 7.70. The lowest BCUT2D eigenvalue weighted by molar-refractivity contribution is -0.122. The zero-order valence-corrected chi connectivity index (χ0v) is 9.73. The smallest absolute Gasteiger partial charge is 0.236 e. The summed E-state index contributed by atoms with van der Waals surface area (Å²) < 4.78 is 11.0. The summed E-state index contributed by atoms with van der Waals surface area (Å²) in [6, 6.07) is -0.421. The van der Waals surface area contributed by atoms with E-state index < -0.39 is 16.8 Å². The molecule has 3 N–H and O–H groups in total. The third-order valence-electron chi connectivity index (χ3n) is 1.89. The number of amides is 1. The number of hydrogen-bond donors (Lipinski definition) is 2. The van der Waals surface area contributed by atoms with Crippen LogP contribution in [0.3, 0.4) is 0 Å². The molecule has 5 heteroatoms. The largest absolute Gasteiger partial charge is 0.354 e. The zero-order chi connectivity index (χ0) is 11.0. The van der Waals surface area contributed by atoms with Crippen LogP contribution < -0.4 is 11.1 Å². The number of hydrogen-bond acceptors (Lipinski definition) is 3. The maximum absolute atomic E-state index is 11.3. The lowest BCUT2D eigenvalue weighted by Crippen LogP contribution is -2.41. The molecule has 0 aliphatic heterocycles. The molecule has 1 unspecified atom stereocenters. The van der Waals surface area contributed by atoms with Crippen molar-refractivity contribution in [3.8, 4) is 0 Å². The van der Waals surface area contributed by atoms with Gasteiger partial charge in [0.1, 0.15) is 0 Å². The first-order valence-electron chi connectivity index (χ1n) is 5.00. The molecular formula is C9H20N2O2S. The molecule has 84 valence electrons. The highest BCUT2D eigenvalue weighted by Gasteiger charge is 2.11. The van der Waals surface area contributed by atoms with Crippen LogP contribution in [0.5, 0.6) is 0 Å². The van der Waals surface area contributed by atoms with Gasteiger partial charge in [0.15, 0.2) is 0 Å². The molecule has 0 fully saturated rings. The van der Waals surface area contributed by atoms with E-state index >= 15 is 0 Å². The number of nitrogens with one attached hydrogen (secondary N) is 1. The Labute approximate surface area is 88.1 Å². The van der Waals surface area contributed by atoms with Crippen LogP contribution in [0, 0.1) is 0 Å². The van der Waals surface area contributed by atoms with Crippen molar-refractivity contribution in [1.29, 1.82) is 0 Å². The molecule has 0 aromatic heterocycles. The molecule has 0 spiro atoms. The summed E-state index contributed by atoms with van der Waals surface area (Å²) in [6.07, 6.45) is 1.60. The van der Waals surface area contributed by atoms with Crippen molar-refractivity contribution in [3.63, 3.8) is 0 Å². The van der Waals surface area contributed by atoms with E-state index in [2.05, 4.69) is 5.32 Å². The fourth-order valence-corrected chi connectivity index (χ4v) is 1.62. The number of nitrogens with two attached hydrogens (primary N) is 1. The summed E-state index contributed by atoms with van der Waals surface area (Å²) in [7, 11) is -0.816. The summed E-state index contributed by atoms with van der Waals surface area (Å²) >= 11 is 0. The van der Waals surface area contributed by atoms with Crippen LogP contribution in [0.15, 0.2) is 0 Å². The van der Waals surface area contributed by atoms with Crippen molar-refractivity contribution in [2.24, 2.45) is 5.73 Å². The van der Waals surface area contributed by atoms with Crippen LogP contribution in [0.2, 0.25) is 0 Å². The third-order valence-corrected chi connectivity index (χ3v) is 3.19. The maximum atomic E-state index is 11.3. The number of carbonyl (C=O) groups excluding carboxylic acids is 1. The third kappa shape index (κ3) is 6.10. The Morgan fingerprint density at radius 1 is 1.50 bits per heavy atom. The lowest BCUT2D eigenvalue weighted by Gasteiger charge is -2.10. The number of carbonyl (C=O) groups is 1. The van der Waals surface area contributed by atoms with E-state index in [0.29, 0.717) is 24.5 Å². The minimum atomic E-state index is -0.816. The molecule has 1 amide bonds. The van der Waals surface area contributed by atoms with E-state index in [1.807, 2.05) is 13.8 Å². The van der Waals surface area contributed by atoms with Crippen molar-refractivity contribution in [3.05, 3.63) is 0 Å². The van der Waals surface area contributed by atoms with Gasteiger partial charge in [-0.3, -0.25) is 9.00 Å². The molecule has 0 bridgehead atoms. The zero-order valence-electron chi connectivity index (χ0n) is 8.91. The minimum Gasteiger partial charge on any atom is -0.354 e. The van der Waals surface area contributed by atoms with Gasteiger partial charge in [-0.2, -0.15) is 0 Å². The van der Waals surface area contributed by atoms with E-state index in [0.717, 1.165) is 6.42 Å². The van der Waals surface area contributed by atoms with Gasteiger partial charge in [0.2, 0.25) is 5.91 Å². The van der Waals surface area contributed by atoms with Crippen molar-refractivity contribution >= 4 is 16.7 Å². The van der Waals surface area contributed by atoms with Gasteiger partial charge in [0.25, 0.3) is 0 Å². The van der Waals surface area contributed by atoms with Gasteiger partial charge in [-0.25, -0.2) is 0 Å². The van der Waals surface area contributed by atoms with Crippen molar-refractivity contribution < 1.29 is 9.00 Å². The summed E-state index contributed by atoms with van der Waals surface area (Å²) in [5, 5.41) is 2.68. The minimum absolute atomic E-state index is 0.139. The standard InChI is InChI=1S/C9H20N2O2S/c1-3-5-8(10)9(12)11-6-7-14(13)4-2/h8H,3-7,10H2,1-2H3,(H,11,12)/t8-,14?/m0/s1. The molecule has 0 aromatic carbocycles. The predicted octanol–water partition coefficient (Wildman–Crippen LogP) is -0.00140. The molecule has 14 heavy (non-hydrogen) atoms. The van der Waals surface area contributed by atoms with Crippen molar-refractivity contribution in [2.45, 2.75) is 32.7 Å². The van der Waals surface area contributed by atoms with E-state index in [9.17, 15) is 9.00 Å². The Balaban J connectivity index is 3.58. The first-order valence-corrected chi connectivity index (χ1v) is 6.48. The van der Waals surface area contributed by atoms with Gasteiger partial charge in [-0.05, 0) is 6.42 Å². The van der Waals surface area contributed by atoms with Gasteiger partial charge in [-0.15, -0.1) is 0 Å². The van der Waals surface area contributed by atoms with Gasteiger partial charge in [0.05, 0.1) is 6.04 Å². The predicted molar refractivity (Wildman–Crippen MR) is 59.4 cm³/mol. The fourth-order valence-electron chi connectivity index (χ4n) is 1.01. The molecule has 0 aliphatic carbocycles. The molecule has 0 saturated carbocycles. The normalized spacial score (nSPS) is 14.8. The lowest BCUT2D eigenvalue weighted by atomic mass is 10.2. The quantitative estimate of drug-likeness (QED) is 0.634. The summed E-state index contributed by atoms with van der Waals surface area (Å²) in [4.78, 5) is 11.3. The summed E-state index contributed by atoms with van der Waals surface area (Å²) in [5.41, 5.74) is 5.59. The summed E-state index contributed by atoms with van der Waals surface area (Å²) in [6.45, 7) is 4.30. The van der Waals surface area contributed by atoms with Crippen LogP contribution in [-0.2, 0) is 15.6 Å². The SMILES string of the molecule is CCC[C@H](N)C(=O)NCCS(=O)CC. The van der Waals surface area contributed by atoms with Gasteiger partial charge in [-0.1, -0.05) is 20.3 Å². The fraction of sp³-hybridized carbons (Fsp3) is 0.889. The van der Waals surface area contributed by atoms with Crippen LogP contribution in [-0.4, -0.2) is 34.2 Å². The van der Waals surface area contributed by atoms with Crippen molar-refractivity contribution in [1.82, 2.24) is 5.32 Å². The van der Waals surface area contributed by atoms with E-state index in [-0.39, 0.29) is 5.91 Å². The van der Waals surface area contributed by atoms with Crippen molar-refractivity contribution in [2.75, 3.05) is 18.1 Å². The molecule has 0 radical (unpaired) electrons. The van der Waals surface area contributed by atoms with Gasteiger partial charge < -0.3 is 11.1 Å². The Bertz CT molecular complexity index is 197.